The highest BCUT2D eigenvalue weighted by molar-refractivity contribution is 7.93. The summed E-state index contributed by atoms with van der Waals surface area (Å²) < 4.78 is 103. The maximum Gasteiger partial charge on any atom is 0.516 e. The Balaban J connectivity index is 2.94. The van der Waals surface area contributed by atoms with Crippen LogP contribution >= 0.6 is 23.2 Å². The van der Waals surface area contributed by atoms with Crippen LogP contribution in [0, 0.1) is 11.3 Å². The summed E-state index contributed by atoms with van der Waals surface area (Å²) in [5.41, 5.74) is -9.20. The molecule has 180 valence electrons. The van der Waals surface area contributed by atoms with Crippen molar-refractivity contribution in [3.05, 3.63) is 33.4 Å². The zero-order valence-electron chi connectivity index (χ0n) is 16.7. The zero-order valence-corrected chi connectivity index (χ0v) is 19.0. The summed E-state index contributed by atoms with van der Waals surface area (Å²) in [6.45, 7) is 0. The first-order valence-corrected chi connectivity index (χ1v) is 10.5. The van der Waals surface area contributed by atoms with Crippen LogP contribution in [0.25, 0.3) is 5.69 Å². The van der Waals surface area contributed by atoms with E-state index in [-0.39, 0.29) is 4.31 Å². The topological polar surface area (TPSA) is 94.6 Å². The smallest absolute Gasteiger partial charge is 0.369 e. The minimum absolute atomic E-state index is 0.261. The Morgan fingerprint density at radius 1 is 1.12 bits per heavy atom. The molecule has 0 atom stereocenters. The highest BCUT2D eigenvalue weighted by Gasteiger charge is 2.50. The lowest BCUT2D eigenvalue weighted by molar-refractivity contribution is -0.137. The van der Waals surface area contributed by atoms with Crippen LogP contribution in [0.15, 0.2) is 17.1 Å². The van der Waals surface area contributed by atoms with Crippen LogP contribution < -0.4 is 4.31 Å². The van der Waals surface area contributed by atoms with E-state index in [1.807, 2.05) is 0 Å². The first-order valence-electron chi connectivity index (χ1n) is 8.29. The van der Waals surface area contributed by atoms with Gasteiger partial charge in [0.2, 0.25) is 0 Å². The number of nitrogens with zero attached hydrogens (tertiary/aromatic N) is 6. The number of aromatic nitrogens is 2. The molecule has 0 N–H and O–H groups in total. The third kappa shape index (κ3) is 5.12. The Morgan fingerprint density at radius 2 is 1.64 bits per heavy atom. The molecule has 0 aliphatic rings. The van der Waals surface area contributed by atoms with Crippen molar-refractivity contribution in [2.75, 3.05) is 25.4 Å². The second-order valence-electron chi connectivity index (χ2n) is 6.46. The molecular formula is C16H12Cl2F6N6O2S. The molecule has 17 heteroatoms. The van der Waals surface area contributed by atoms with E-state index in [4.69, 9.17) is 23.2 Å². The minimum Gasteiger partial charge on any atom is -0.369 e. The highest BCUT2D eigenvalue weighted by Crippen LogP contribution is 2.43. The van der Waals surface area contributed by atoms with Gasteiger partial charge in [-0.05, 0) is 12.1 Å². The molecule has 0 amide bonds. The maximum absolute atomic E-state index is 13.1. The second kappa shape index (κ2) is 8.92. The van der Waals surface area contributed by atoms with E-state index in [1.54, 1.807) is 0 Å². The van der Waals surface area contributed by atoms with Gasteiger partial charge in [0.1, 0.15) is 17.4 Å². The van der Waals surface area contributed by atoms with Crippen LogP contribution in [0.1, 0.15) is 11.3 Å². The van der Waals surface area contributed by atoms with Gasteiger partial charge in [0.05, 0.1) is 21.9 Å². The molecule has 0 radical (unpaired) electrons. The molecule has 0 saturated carbocycles. The lowest BCUT2D eigenvalue weighted by Gasteiger charge is -2.20. The molecule has 2 rings (SSSR count). The number of anilines is 1. The molecular weight excluding hydrogens is 525 g/mol. The Bertz CT molecular complexity index is 1220. The number of aliphatic imine (C=N–C) groups is 1. The molecule has 0 bridgehead atoms. The molecule has 2 aromatic rings. The molecule has 0 aliphatic heterocycles. The van der Waals surface area contributed by atoms with Gasteiger partial charge in [0, 0.05) is 21.1 Å². The molecule has 0 unspecified atom stereocenters. The van der Waals surface area contributed by atoms with Crippen molar-refractivity contribution >= 4 is 51.1 Å². The third-order valence-corrected chi connectivity index (χ3v) is 5.94. The standard InChI is InChI=1S/C16H12Cl2F6N6O2S/c1-28(2)7-26-14-13(29(3)33(31,32)16(22,23)24)11(6-25)27-30(14)12-9(17)4-8(5-10(12)18)15(19,20)21/h4-5,7H,1-3H3/b26-7+. The van der Waals surface area contributed by atoms with Gasteiger partial charge in [-0.3, -0.25) is 4.31 Å². The van der Waals surface area contributed by atoms with Gasteiger partial charge in [0.25, 0.3) is 0 Å². The summed E-state index contributed by atoms with van der Waals surface area (Å²) in [4.78, 5) is 5.16. The van der Waals surface area contributed by atoms with E-state index in [0.717, 1.165) is 6.34 Å². The molecule has 0 fully saturated rings. The van der Waals surface area contributed by atoms with Crippen molar-refractivity contribution in [2.45, 2.75) is 11.7 Å². The summed E-state index contributed by atoms with van der Waals surface area (Å²) in [6, 6.07) is 2.39. The molecule has 0 spiro atoms. The number of halogens is 8. The van der Waals surface area contributed by atoms with Gasteiger partial charge >= 0.3 is 21.7 Å². The highest BCUT2D eigenvalue weighted by atomic mass is 35.5. The van der Waals surface area contributed by atoms with Crippen LogP contribution in [-0.2, 0) is 16.2 Å². The number of hydrogen-bond donors (Lipinski definition) is 0. The van der Waals surface area contributed by atoms with E-state index in [2.05, 4.69) is 10.1 Å². The number of hydrogen-bond acceptors (Lipinski definition) is 5. The SMILES string of the molecule is CN(C)/C=N/c1c(N(C)S(=O)(=O)C(F)(F)F)c(C#N)nn1-c1c(Cl)cc(C(F)(F)F)cc1Cl. The number of sulfonamides is 1. The maximum atomic E-state index is 13.1. The molecule has 1 aromatic carbocycles. The first-order chi connectivity index (χ1) is 14.9. The molecule has 1 heterocycles. The van der Waals surface area contributed by atoms with Crippen LogP contribution in [0.2, 0.25) is 10.0 Å². The first kappa shape index (κ1) is 26.6. The Labute approximate surface area is 193 Å². The van der Waals surface area contributed by atoms with E-state index in [1.165, 1.54) is 25.1 Å². The van der Waals surface area contributed by atoms with Crippen molar-refractivity contribution in [1.29, 1.82) is 5.26 Å². The van der Waals surface area contributed by atoms with Gasteiger partial charge in [-0.25, -0.2) is 9.67 Å². The van der Waals surface area contributed by atoms with E-state index in [0.29, 0.717) is 23.9 Å². The molecule has 1 aromatic heterocycles. The summed E-state index contributed by atoms with van der Waals surface area (Å²) >= 11 is 11.9. The Morgan fingerprint density at radius 3 is 2.03 bits per heavy atom. The summed E-state index contributed by atoms with van der Waals surface area (Å²) in [7, 11) is -2.58. The van der Waals surface area contributed by atoms with E-state index in [9.17, 15) is 40.0 Å². The van der Waals surface area contributed by atoms with Crippen molar-refractivity contribution in [3.8, 4) is 11.8 Å². The molecule has 8 nitrogen and oxygen atoms in total. The molecule has 33 heavy (non-hydrogen) atoms. The van der Waals surface area contributed by atoms with E-state index >= 15 is 0 Å². The van der Waals surface area contributed by atoms with Crippen LogP contribution in [-0.4, -0.2) is 56.1 Å². The predicted octanol–water partition coefficient (Wildman–Crippen LogP) is 4.58. The van der Waals surface area contributed by atoms with Crippen molar-refractivity contribution < 1.29 is 34.8 Å². The van der Waals surface area contributed by atoms with Crippen molar-refractivity contribution in [1.82, 2.24) is 14.7 Å². The van der Waals surface area contributed by atoms with Crippen molar-refractivity contribution in [2.24, 2.45) is 4.99 Å². The van der Waals surface area contributed by atoms with Gasteiger partial charge in [-0.15, -0.1) is 0 Å². The van der Waals surface area contributed by atoms with Gasteiger partial charge < -0.3 is 4.90 Å². The van der Waals surface area contributed by atoms with Gasteiger partial charge in [0.15, 0.2) is 11.5 Å². The number of benzene rings is 1. The Hall–Kier alpha value is -2.70. The Kier molecular flexibility index (Phi) is 7.17. The van der Waals surface area contributed by atoms with E-state index < -0.39 is 60.2 Å². The average molecular weight is 537 g/mol. The molecule has 0 aliphatic carbocycles. The second-order valence-corrected chi connectivity index (χ2v) is 9.23. The largest absolute Gasteiger partial charge is 0.516 e. The summed E-state index contributed by atoms with van der Waals surface area (Å²) in [5, 5.41) is 11.8. The number of rotatable bonds is 5. The lowest BCUT2D eigenvalue weighted by Crippen LogP contribution is -2.38. The normalized spacial score (nSPS) is 12.8. The zero-order chi connectivity index (χ0) is 25.5. The summed E-state index contributed by atoms with van der Waals surface area (Å²) in [6.07, 6.45) is -3.80. The van der Waals surface area contributed by atoms with Gasteiger partial charge in [-0.2, -0.15) is 45.1 Å². The van der Waals surface area contributed by atoms with Crippen LogP contribution in [0.4, 0.5) is 37.8 Å². The van der Waals surface area contributed by atoms with Crippen LogP contribution in [0.5, 0.6) is 0 Å². The predicted molar refractivity (Wildman–Crippen MR) is 109 cm³/mol. The summed E-state index contributed by atoms with van der Waals surface area (Å²) in [5.74, 6) is -0.667. The molecule has 0 saturated heterocycles. The minimum atomic E-state index is -6.01. The quantitative estimate of drug-likeness (QED) is 0.316. The monoisotopic (exact) mass is 536 g/mol. The van der Waals surface area contributed by atoms with Gasteiger partial charge in [-0.1, -0.05) is 23.2 Å². The number of alkyl halides is 6. The fraction of sp³-hybridized carbons (Fsp3) is 0.312. The van der Waals surface area contributed by atoms with Crippen molar-refractivity contribution in [3.63, 3.8) is 0 Å². The fourth-order valence-corrected chi connectivity index (χ4v) is 3.78. The third-order valence-electron chi connectivity index (χ3n) is 3.88. The lowest BCUT2D eigenvalue weighted by atomic mass is 10.2. The number of nitriles is 1. The average Bonchev–Trinajstić information content (AvgIpc) is 3.01. The fourth-order valence-electron chi connectivity index (χ4n) is 2.42. The van der Waals surface area contributed by atoms with Crippen LogP contribution in [0.3, 0.4) is 0 Å².